The number of hydrogen-bond acceptors (Lipinski definition) is 5. The third-order valence-electron chi connectivity index (χ3n) is 4.62. The highest BCUT2D eigenvalue weighted by molar-refractivity contribution is 14.1. The van der Waals surface area contributed by atoms with E-state index in [1.54, 1.807) is 12.1 Å². The summed E-state index contributed by atoms with van der Waals surface area (Å²) in [6.45, 7) is 0.414. The van der Waals surface area contributed by atoms with Crippen molar-refractivity contribution in [3.63, 3.8) is 0 Å². The predicted octanol–water partition coefficient (Wildman–Crippen LogP) is 2.43. The highest BCUT2D eigenvalue weighted by atomic mass is 127. The lowest BCUT2D eigenvalue weighted by molar-refractivity contribution is -0.141. The van der Waals surface area contributed by atoms with Crippen molar-refractivity contribution in [2.45, 2.75) is 57.0 Å². The van der Waals surface area contributed by atoms with Gasteiger partial charge in [-0.1, -0.05) is 12.8 Å². The highest BCUT2D eigenvalue weighted by Crippen LogP contribution is 2.11. The molecule has 0 bridgehead atoms. The summed E-state index contributed by atoms with van der Waals surface area (Å²) in [4.78, 5) is 56.9. The smallest absolute Gasteiger partial charge is 0.326 e. The molecule has 0 aliphatic rings. The van der Waals surface area contributed by atoms with Gasteiger partial charge >= 0.3 is 30.0 Å². The average Bonchev–Trinajstić information content (AvgIpc) is 2.74. The van der Waals surface area contributed by atoms with Gasteiger partial charge in [-0.25, -0.2) is 14.4 Å². The van der Waals surface area contributed by atoms with Crippen molar-refractivity contribution >= 4 is 58.2 Å². The number of benzene rings is 1. The maximum Gasteiger partial charge on any atom is 0.326 e. The van der Waals surface area contributed by atoms with Crippen LogP contribution in [-0.2, 0) is 14.4 Å². The zero-order valence-corrected chi connectivity index (χ0v) is 20.5. The third kappa shape index (κ3) is 13.4. The normalized spacial score (nSPS) is 12.1. The van der Waals surface area contributed by atoms with Crippen LogP contribution in [0.15, 0.2) is 24.3 Å². The van der Waals surface area contributed by atoms with Crippen LogP contribution in [-0.4, -0.2) is 63.9 Å². The fourth-order valence-corrected chi connectivity index (χ4v) is 3.31. The van der Waals surface area contributed by atoms with Crippen LogP contribution in [0.2, 0.25) is 0 Å². The number of hydrogen-bond donors (Lipinski definition) is 7. The molecule has 188 valence electrons. The number of halogens is 1. The minimum Gasteiger partial charge on any atom is -0.481 e. The molecule has 12 nitrogen and oxygen atoms in total. The van der Waals surface area contributed by atoms with Gasteiger partial charge in [0.2, 0.25) is 0 Å². The van der Waals surface area contributed by atoms with Gasteiger partial charge in [0.15, 0.2) is 0 Å². The summed E-state index contributed by atoms with van der Waals surface area (Å²) in [6.07, 6.45) is 1.12. The van der Waals surface area contributed by atoms with Crippen LogP contribution < -0.4 is 21.3 Å². The molecule has 0 unspecified atom stereocenters. The molecule has 4 amide bonds. The van der Waals surface area contributed by atoms with E-state index >= 15 is 0 Å². The number of carboxylic acid groups (broad SMARTS) is 3. The molecule has 0 fully saturated rings. The van der Waals surface area contributed by atoms with Crippen LogP contribution in [0.4, 0.5) is 15.3 Å². The molecule has 0 aliphatic heterocycles. The molecule has 2 atom stereocenters. The Morgan fingerprint density at radius 2 is 1.50 bits per heavy atom. The molecular formula is C21H29IN4O8. The molecule has 0 heterocycles. The number of carbonyl (C=O) groups excluding carboxylic acids is 2. The lowest BCUT2D eigenvalue weighted by Gasteiger charge is -2.20. The van der Waals surface area contributed by atoms with Crippen molar-refractivity contribution in [2.24, 2.45) is 0 Å². The van der Waals surface area contributed by atoms with E-state index in [0.717, 1.165) is 3.57 Å². The molecule has 7 N–H and O–H groups in total. The maximum atomic E-state index is 12.1. The molecule has 0 aliphatic carbocycles. The summed E-state index contributed by atoms with van der Waals surface area (Å²) in [5.41, 5.74) is 0.673. The maximum absolute atomic E-state index is 12.1. The molecular weight excluding hydrogens is 563 g/mol. The van der Waals surface area contributed by atoms with Crippen LogP contribution in [0.3, 0.4) is 0 Å². The van der Waals surface area contributed by atoms with E-state index in [1.165, 1.54) is 0 Å². The molecule has 0 saturated heterocycles. The second kappa shape index (κ2) is 15.7. The van der Waals surface area contributed by atoms with Gasteiger partial charge in [0.1, 0.15) is 6.04 Å². The molecule has 13 heteroatoms. The van der Waals surface area contributed by atoms with E-state index < -0.39 is 42.4 Å². The Kier molecular flexibility index (Phi) is 13.3. The molecule has 0 aromatic heterocycles. The van der Waals surface area contributed by atoms with Crippen molar-refractivity contribution in [1.82, 2.24) is 16.0 Å². The first kappa shape index (κ1) is 28.9. The number of carboxylic acids is 3. The Morgan fingerprint density at radius 1 is 0.824 bits per heavy atom. The molecule has 0 spiro atoms. The summed E-state index contributed by atoms with van der Waals surface area (Å²) in [5.74, 6) is -3.70. The van der Waals surface area contributed by atoms with Crippen molar-refractivity contribution < 1.29 is 39.3 Å². The number of nitrogens with one attached hydrogen (secondary N) is 4. The predicted molar refractivity (Wildman–Crippen MR) is 131 cm³/mol. The van der Waals surface area contributed by atoms with E-state index in [-0.39, 0.29) is 18.9 Å². The van der Waals surface area contributed by atoms with Gasteiger partial charge in [0.05, 0.1) is 6.42 Å². The Morgan fingerprint density at radius 3 is 2.09 bits per heavy atom. The number of aliphatic carboxylic acids is 3. The SMILES string of the molecule is O=C(O)CC[C@H](NC(=O)N[C@@H](CCCCCNC(=O)Nc1ccc(I)cc1)CC(=O)O)C(=O)O. The molecule has 0 radical (unpaired) electrons. The van der Waals surface area contributed by atoms with Gasteiger partial charge in [-0.2, -0.15) is 0 Å². The summed E-state index contributed by atoms with van der Waals surface area (Å²) in [5, 5.41) is 36.9. The van der Waals surface area contributed by atoms with Gasteiger partial charge in [0.25, 0.3) is 0 Å². The number of unbranched alkanes of at least 4 members (excludes halogenated alkanes) is 2. The fourth-order valence-electron chi connectivity index (χ4n) is 2.95. The van der Waals surface area contributed by atoms with Crippen LogP contribution in [0, 0.1) is 3.57 Å². The zero-order valence-electron chi connectivity index (χ0n) is 18.4. The van der Waals surface area contributed by atoms with Crippen LogP contribution in [0.5, 0.6) is 0 Å². The van der Waals surface area contributed by atoms with E-state index in [1.807, 2.05) is 12.1 Å². The first-order chi connectivity index (χ1) is 16.1. The third-order valence-corrected chi connectivity index (χ3v) is 5.34. The standard InChI is InChI=1S/C21H29IN4O8/c22-13-5-7-14(8-6-13)24-20(33)23-11-3-1-2-4-15(12-18(29)30)25-21(34)26-16(19(31)32)9-10-17(27)28/h5-8,15-16H,1-4,9-12H2,(H,27,28)(H,29,30)(H,31,32)(H2,23,24,33)(H2,25,26,34)/t15-,16-/m0/s1. The van der Waals surface area contributed by atoms with Crippen LogP contribution >= 0.6 is 22.6 Å². The first-order valence-corrected chi connectivity index (χ1v) is 11.7. The molecule has 34 heavy (non-hydrogen) atoms. The summed E-state index contributed by atoms with van der Waals surface area (Å²) < 4.78 is 1.05. The van der Waals surface area contributed by atoms with Gasteiger partial charge in [-0.15, -0.1) is 0 Å². The minimum atomic E-state index is -1.40. The van der Waals surface area contributed by atoms with E-state index in [0.29, 0.717) is 37.9 Å². The van der Waals surface area contributed by atoms with Gasteiger partial charge in [0, 0.05) is 28.3 Å². The summed E-state index contributed by atoms with van der Waals surface area (Å²) >= 11 is 2.16. The second-order valence-corrected chi connectivity index (χ2v) is 8.72. The quantitative estimate of drug-likeness (QED) is 0.119. The number of urea groups is 2. The monoisotopic (exact) mass is 592 g/mol. The molecule has 0 saturated carbocycles. The van der Waals surface area contributed by atoms with Crippen LogP contribution in [0.1, 0.15) is 44.9 Å². The van der Waals surface area contributed by atoms with E-state index in [2.05, 4.69) is 43.9 Å². The largest absolute Gasteiger partial charge is 0.481 e. The van der Waals surface area contributed by atoms with E-state index in [4.69, 9.17) is 15.3 Å². The minimum absolute atomic E-state index is 0.300. The number of rotatable bonds is 15. The van der Waals surface area contributed by atoms with Crippen molar-refractivity contribution in [2.75, 3.05) is 11.9 Å². The average molecular weight is 592 g/mol. The number of anilines is 1. The summed E-state index contributed by atoms with van der Waals surface area (Å²) in [6, 6.07) is 3.97. The van der Waals surface area contributed by atoms with E-state index in [9.17, 15) is 24.0 Å². The first-order valence-electron chi connectivity index (χ1n) is 10.6. The number of carbonyl (C=O) groups is 5. The lowest BCUT2D eigenvalue weighted by atomic mass is 10.1. The number of amides is 4. The molecule has 1 rings (SSSR count). The van der Waals surface area contributed by atoms with Crippen molar-refractivity contribution in [3.8, 4) is 0 Å². The van der Waals surface area contributed by atoms with Gasteiger partial charge < -0.3 is 36.6 Å². The Balaban J connectivity index is 2.35. The fraction of sp³-hybridized carbons (Fsp3) is 0.476. The summed E-state index contributed by atoms with van der Waals surface area (Å²) in [7, 11) is 0. The molecule has 1 aromatic rings. The lowest BCUT2D eigenvalue weighted by Crippen LogP contribution is -2.49. The zero-order chi connectivity index (χ0) is 25.5. The Bertz CT molecular complexity index is 850. The Labute approximate surface area is 210 Å². The van der Waals surface area contributed by atoms with Gasteiger partial charge in [-0.05, 0) is 66.1 Å². The van der Waals surface area contributed by atoms with Crippen molar-refractivity contribution in [1.29, 1.82) is 0 Å². The second-order valence-electron chi connectivity index (χ2n) is 7.47. The van der Waals surface area contributed by atoms with Gasteiger partial charge in [-0.3, -0.25) is 9.59 Å². The Hall–Kier alpha value is -3.10. The van der Waals surface area contributed by atoms with Crippen LogP contribution in [0.25, 0.3) is 0 Å². The highest BCUT2D eigenvalue weighted by Gasteiger charge is 2.23. The topological polar surface area (TPSA) is 194 Å². The molecule has 1 aromatic carbocycles. The van der Waals surface area contributed by atoms with Crippen molar-refractivity contribution in [3.05, 3.63) is 27.8 Å².